The van der Waals surface area contributed by atoms with Crippen molar-refractivity contribution < 1.29 is 29.6 Å². The molecule has 2 amide bonds. The van der Waals surface area contributed by atoms with E-state index in [9.17, 15) is 24.9 Å². The lowest BCUT2D eigenvalue weighted by atomic mass is 9.94. The Labute approximate surface area is 257 Å². The van der Waals surface area contributed by atoms with E-state index >= 15 is 0 Å². The molecule has 8 nitrogen and oxygen atoms in total. The Kier molecular flexibility index (Phi) is 23.2. The molecule has 42 heavy (non-hydrogen) atoms. The van der Waals surface area contributed by atoms with E-state index < -0.39 is 37.2 Å². The summed E-state index contributed by atoms with van der Waals surface area (Å²) in [6.07, 6.45) is 20.8. The average Bonchev–Trinajstić information content (AvgIpc) is 2.97. The largest absolute Gasteiger partial charge is 0.394 e. The second-order valence-electron chi connectivity index (χ2n) is 12.5. The van der Waals surface area contributed by atoms with Crippen molar-refractivity contribution in [3.05, 3.63) is 0 Å². The third kappa shape index (κ3) is 16.6. The van der Waals surface area contributed by atoms with E-state index in [1.54, 1.807) is 4.90 Å². The smallest absolute Gasteiger partial charge is 0.224 e. The summed E-state index contributed by atoms with van der Waals surface area (Å²) in [5.74, 6) is -0.443. The number of carbonyl (C=O) groups is 2. The van der Waals surface area contributed by atoms with E-state index in [1.807, 2.05) is 0 Å². The third-order valence-electron chi connectivity index (χ3n) is 8.64. The summed E-state index contributed by atoms with van der Waals surface area (Å²) in [5.41, 5.74) is 0. The molecule has 1 heterocycles. The predicted molar refractivity (Wildman–Crippen MR) is 170 cm³/mol. The first-order valence-electron chi connectivity index (χ1n) is 17.6. The first kappa shape index (κ1) is 38.8. The van der Waals surface area contributed by atoms with Gasteiger partial charge in [-0.1, -0.05) is 136 Å². The molecule has 0 bridgehead atoms. The van der Waals surface area contributed by atoms with E-state index in [0.29, 0.717) is 13.0 Å². The summed E-state index contributed by atoms with van der Waals surface area (Å²) < 4.78 is 5.99. The number of nitrogens with one attached hydrogen (secondary N) is 1. The van der Waals surface area contributed by atoms with E-state index in [2.05, 4.69) is 19.2 Å². The molecule has 0 aromatic rings. The summed E-state index contributed by atoms with van der Waals surface area (Å²) in [6.45, 7) is 5.78. The van der Waals surface area contributed by atoms with Crippen LogP contribution >= 0.6 is 0 Å². The van der Waals surface area contributed by atoms with E-state index in [-0.39, 0.29) is 11.8 Å². The van der Waals surface area contributed by atoms with Crippen LogP contribution in [0.1, 0.15) is 162 Å². The van der Waals surface area contributed by atoms with Crippen molar-refractivity contribution in [2.45, 2.75) is 193 Å². The number of carbonyl (C=O) groups excluding carboxylic acids is 2. The van der Waals surface area contributed by atoms with Gasteiger partial charge in [-0.25, -0.2) is 0 Å². The molecule has 248 valence electrons. The minimum absolute atomic E-state index is 0.0671. The van der Waals surface area contributed by atoms with Gasteiger partial charge in [-0.3, -0.25) is 9.59 Å². The fourth-order valence-electron chi connectivity index (χ4n) is 6.00. The van der Waals surface area contributed by atoms with Gasteiger partial charge in [-0.2, -0.15) is 0 Å². The third-order valence-corrected chi connectivity index (χ3v) is 8.64. The molecule has 0 saturated carbocycles. The number of hydrogen-bond donors (Lipinski definition) is 4. The van der Waals surface area contributed by atoms with Crippen molar-refractivity contribution in [2.24, 2.45) is 0 Å². The highest BCUT2D eigenvalue weighted by Gasteiger charge is 2.47. The number of ether oxygens (including phenoxy) is 1. The van der Waals surface area contributed by atoms with Gasteiger partial charge < -0.3 is 30.3 Å². The zero-order chi connectivity index (χ0) is 31.0. The first-order chi connectivity index (χ1) is 20.4. The number of nitrogens with zero attached hydrogens (tertiary/aromatic N) is 1. The van der Waals surface area contributed by atoms with Crippen LogP contribution in [0.3, 0.4) is 0 Å². The van der Waals surface area contributed by atoms with Crippen LogP contribution in [0.15, 0.2) is 0 Å². The van der Waals surface area contributed by atoms with Crippen LogP contribution < -0.4 is 5.32 Å². The van der Waals surface area contributed by atoms with Gasteiger partial charge in [0.25, 0.3) is 0 Å². The molecule has 1 saturated heterocycles. The van der Waals surface area contributed by atoms with Crippen LogP contribution in [0, 0.1) is 0 Å². The van der Waals surface area contributed by atoms with Crippen molar-refractivity contribution in [3.8, 4) is 0 Å². The Morgan fingerprint density at radius 1 is 0.667 bits per heavy atom. The average molecular weight is 599 g/mol. The van der Waals surface area contributed by atoms with Crippen molar-refractivity contribution in [3.63, 3.8) is 0 Å². The summed E-state index contributed by atoms with van der Waals surface area (Å²) in [6, 6.07) is -0.968. The van der Waals surface area contributed by atoms with Gasteiger partial charge >= 0.3 is 0 Å². The summed E-state index contributed by atoms with van der Waals surface area (Å²) in [7, 11) is 0. The van der Waals surface area contributed by atoms with Crippen molar-refractivity contribution in [2.75, 3.05) is 13.2 Å². The van der Waals surface area contributed by atoms with Crippen LogP contribution in [-0.4, -0.2) is 75.8 Å². The molecule has 0 aliphatic carbocycles. The van der Waals surface area contributed by atoms with Crippen LogP contribution in [0.4, 0.5) is 0 Å². The second kappa shape index (κ2) is 25.1. The molecule has 0 radical (unpaired) electrons. The van der Waals surface area contributed by atoms with Crippen LogP contribution in [-0.2, 0) is 14.3 Å². The molecule has 0 aromatic carbocycles. The van der Waals surface area contributed by atoms with Crippen LogP contribution in [0.2, 0.25) is 0 Å². The van der Waals surface area contributed by atoms with E-state index in [4.69, 9.17) is 4.74 Å². The van der Waals surface area contributed by atoms with Crippen LogP contribution in [0.5, 0.6) is 0 Å². The van der Waals surface area contributed by atoms with Crippen molar-refractivity contribution >= 4 is 11.8 Å². The summed E-state index contributed by atoms with van der Waals surface area (Å²) in [4.78, 5) is 27.1. The molecular weight excluding hydrogens is 532 g/mol. The lowest BCUT2D eigenvalue weighted by Crippen LogP contribution is -2.68. The topological polar surface area (TPSA) is 119 Å². The number of amides is 2. The summed E-state index contributed by atoms with van der Waals surface area (Å²) >= 11 is 0. The molecule has 8 heteroatoms. The van der Waals surface area contributed by atoms with Gasteiger partial charge in [0.1, 0.15) is 24.4 Å². The second-order valence-corrected chi connectivity index (χ2v) is 12.5. The number of aliphatic hydroxyl groups excluding tert-OH is 3. The maximum absolute atomic E-state index is 13.5. The highest BCUT2D eigenvalue weighted by Crippen LogP contribution is 2.26. The van der Waals surface area contributed by atoms with Crippen LogP contribution in [0.25, 0.3) is 0 Å². The normalized spacial score (nSPS) is 22.3. The molecule has 1 aliphatic heterocycles. The Morgan fingerprint density at radius 3 is 1.52 bits per heavy atom. The minimum atomic E-state index is -1.36. The maximum Gasteiger partial charge on any atom is 0.224 e. The van der Waals surface area contributed by atoms with Gasteiger partial charge in [-0.05, 0) is 12.8 Å². The zero-order valence-corrected chi connectivity index (χ0v) is 27.4. The number of unbranched alkanes of at least 4 members (excludes halogenated alkanes) is 19. The fourth-order valence-corrected chi connectivity index (χ4v) is 6.00. The molecular formula is C34H66N2O6. The standard InChI is InChI=1S/C34H66N2O6/c1-4-6-8-10-12-14-16-17-19-21-23-25-30(39)36(26-24-22-20-18-15-13-11-9-7-5-2)34-31(35-28(3)38)33(41)32(40)29(27-37)42-34/h29,31-34,37,40-41H,4-27H2,1-3H3,(H,35,38)/t29-,31-,32-,33-,34?/m1/s1. The van der Waals surface area contributed by atoms with E-state index in [0.717, 1.165) is 38.5 Å². The van der Waals surface area contributed by atoms with Gasteiger partial charge in [0.15, 0.2) is 6.23 Å². The van der Waals surface area contributed by atoms with Gasteiger partial charge in [0.2, 0.25) is 11.8 Å². The summed E-state index contributed by atoms with van der Waals surface area (Å²) in [5, 5.41) is 33.7. The van der Waals surface area contributed by atoms with Gasteiger partial charge in [0, 0.05) is 19.9 Å². The highest BCUT2D eigenvalue weighted by molar-refractivity contribution is 5.77. The monoisotopic (exact) mass is 598 g/mol. The Morgan fingerprint density at radius 2 is 1.10 bits per heavy atom. The molecule has 1 fully saturated rings. The number of aliphatic hydroxyl groups is 3. The lowest BCUT2D eigenvalue weighted by molar-refractivity contribution is -0.231. The SMILES string of the molecule is CCCCCCCCCCCCCC(=O)N(CCCCCCCCCCCC)C1O[C@H](CO)[C@@H](O)[C@H](O)[C@H]1NC(C)=O. The molecule has 4 N–H and O–H groups in total. The molecule has 0 aromatic heterocycles. The lowest BCUT2D eigenvalue weighted by Gasteiger charge is -2.46. The van der Waals surface area contributed by atoms with Crippen molar-refractivity contribution in [1.29, 1.82) is 0 Å². The van der Waals surface area contributed by atoms with Gasteiger partial charge in [0.05, 0.1) is 6.61 Å². The Balaban J connectivity index is 2.64. The Hall–Kier alpha value is -1.22. The first-order valence-corrected chi connectivity index (χ1v) is 17.6. The molecule has 1 aliphatic rings. The predicted octanol–water partition coefficient (Wildman–Crippen LogP) is 6.38. The molecule has 1 rings (SSSR count). The van der Waals surface area contributed by atoms with Gasteiger partial charge in [-0.15, -0.1) is 0 Å². The Bertz CT molecular complexity index is 678. The molecule has 1 unspecified atom stereocenters. The zero-order valence-electron chi connectivity index (χ0n) is 27.4. The minimum Gasteiger partial charge on any atom is -0.394 e. The number of hydrogen-bond acceptors (Lipinski definition) is 6. The highest BCUT2D eigenvalue weighted by atomic mass is 16.5. The molecule has 5 atom stereocenters. The van der Waals surface area contributed by atoms with E-state index in [1.165, 1.54) is 103 Å². The fraction of sp³-hybridized carbons (Fsp3) is 0.941. The van der Waals surface area contributed by atoms with Crippen molar-refractivity contribution in [1.82, 2.24) is 10.2 Å². The maximum atomic E-state index is 13.5. The molecule has 0 spiro atoms. The quantitative estimate of drug-likeness (QED) is 0.0858. The number of rotatable bonds is 26.